The first-order valence-electron chi connectivity index (χ1n) is 14.5. The highest BCUT2D eigenvalue weighted by molar-refractivity contribution is 6.34. The summed E-state index contributed by atoms with van der Waals surface area (Å²) in [6.07, 6.45) is 12.1. The van der Waals surface area contributed by atoms with Crippen molar-refractivity contribution in [2.75, 3.05) is 13.7 Å². The Hall–Kier alpha value is -3.54. The molecule has 2 aliphatic rings. The Balaban J connectivity index is 0.00000480. The lowest BCUT2D eigenvalue weighted by molar-refractivity contribution is -0.213. The molecule has 0 aliphatic heterocycles. The normalized spacial score (nSPS) is 17.2. The Kier molecular flexibility index (Phi) is 11.1. The third kappa shape index (κ3) is 8.05. The smallest absolute Gasteiger partial charge is 0.155 e. The van der Waals surface area contributed by atoms with Crippen LogP contribution in [0.5, 0.6) is 11.5 Å². The Morgan fingerprint density at radius 2 is 1.89 bits per heavy atom. The van der Waals surface area contributed by atoms with Crippen molar-refractivity contribution in [3.63, 3.8) is 0 Å². The van der Waals surface area contributed by atoms with E-state index in [2.05, 4.69) is 16.9 Å². The molecule has 5 N–H and O–H groups in total. The molecule has 2 aromatic carbocycles. The number of nitrogens with one attached hydrogen (secondary N) is 1. The molecular weight excluding hydrogens is 640 g/mol. The minimum Gasteiger partial charge on any atom is -0.496 e. The predicted molar refractivity (Wildman–Crippen MR) is 176 cm³/mol. The van der Waals surface area contributed by atoms with E-state index in [9.17, 15) is 9.50 Å². The van der Waals surface area contributed by atoms with Crippen molar-refractivity contribution in [2.24, 2.45) is 5.92 Å². The quantitative estimate of drug-likeness (QED) is 0.114. The number of hydrogen-bond donors (Lipinski definition) is 3. The number of methoxy groups -OCH3 is 1. The lowest BCUT2D eigenvalue weighted by atomic mass is 9.83. The second-order valence-electron chi connectivity index (χ2n) is 11.8. The average Bonchev–Trinajstić information content (AvgIpc) is 3.83. The number of benzene rings is 2. The van der Waals surface area contributed by atoms with Gasteiger partial charge in [0.1, 0.15) is 17.4 Å². The molecule has 1 fully saturated rings. The third-order valence-electron chi connectivity index (χ3n) is 7.85. The summed E-state index contributed by atoms with van der Waals surface area (Å²) in [5.74, 6) is -2.18. The molecule has 5 rings (SSSR count). The Bertz CT molecular complexity index is 1760. The second kappa shape index (κ2) is 14.5. The zero-order valence-electron chi connectivity index (χ0n) is 25.8. The number of allylic oxidation sites excluding steroid dienone is 4. The van der Waals surface area contributed by atoms with Crippen molar-refractivity contribution >= 4 is 36.0 Å². The van der Waals surface area contributed by atoms with Crippen molar-refractivity contribution in [1.29, 1.82) is 0 Å². The van der Waals surface area contributed by atoms with Crippen LogP contribution >= 0.6 is 23.2 Å². The van der Waals surface area contributed by atoms with Gasteiger partial charge in [0.05, 0.1) is 35.0 Å². The van der Waals surface area contributed by atoms with Crippen LogP contribution in [0.4, 0.5) is 13.3 Å². The lowest BCUT2D eigenvalue weighted by Crippen LogP contribution is -2.32. The summed E-state index contributed by atoms with van der Waals surface area (Å²) in [5, 5.41) is 15.5. The minimum atomic E-state index is -1.49. The molecule has 2 aliphatic carbocycles. The van der Waals surface area contributed by atoms with Gasteiger partial charge < -0.3 is 26.1 Å². The highest BCUT2D eigenvalue weighted by atomic mass is 35.5. The van der Waals surface area contributed by atoms with Gasteiger partial charge in [-0.1, -0.05) is 58.6 Å². The van der Waals surface area contributed by atoms with E-state index in [0.717, 1.165) is 18.9 Å². The SMILES string of the molecule is C=c1c(OC)cc(ON(F)CC(c2cc(C(C)(C)O)c(Cl)c(-c3cc(Cl)c(F)cc3F)n2)C2C=CC=CC2)c/c1=C\NC1CC1.N. The molecule has 0 bridgehead atoms. The Labute approximate surface area is 276 Å². The van der Waals surface area contributed by atoms with Gasteiger partial charge in [-0.3, -0.25) is 4.98 Å². The van der Waals surface area contributed by atoms with Crippen molar-refractivity contribution < 1.29 is 27.9 Å². The van der Waals surface area contributed by atoms with E-state index in [1.807, 2.05) is 30.5 Å². The molecule has 1 saturated carbocycles. The Morgan fingerprint density at radius 1 is 1.15 bits per heavy atom. The predicted octanol–water partition coefficient (Wildman–Crippen LogP) is 7.03. The largest absolute Gasteiger partial charge is 0.496 e. The van der Waals surface area contributed by atoms with Gasteiger partial charge >= 0.3 is 0 Å². The summed E-state index contributed by atoms with van der Waals surface area (Å²) < 4.78 is 50.4. The first kappa shape index (κ1) is 35.3. The highest BCUT2D eigenvalue weighted by Crippen LogP contribution is 2.41. The van der Waals surface area contributed by atoms with Crippen LogP contribution in [0, 0.1) is 17.6 Å². The van der Waals surface area contributed by atoms with E-state index >= 15 is 8.87 Å². The van der Waals surface area contributed by atoms with Gasteiger partial charge in [-0.05, 0) is 57.2 Å². The summed E-state index contributed by atoms with van der Waals surface area (Å²) in [6.45, 7) is 6.81. The molecular formula is C34H37Cl2F3N4O3. The molecule has 1 heterocycles. The topological polar surface area (TPSA) is 102 Å². The number of aromatic nitrogens is 1. The number of aliphatic hydroxyl groups is 1. The van der Waals surface area contributed by atoms with Crippen LogP contribution in [0.25, 0.3) is 24.0 Å². The van der Waals surface area contributed by atoms with Gasteiger partial charge in [0.2, 0.25) is 0 Å². The monoisotopic (exact) mass is 676 g/mol. The fourth-order valence-electron chi connectivity index (χ4n) is 5.18. The van der Waals surface area contributed by atoms with Crippen LogP contribution < -0.4 is 31.5 Å². The van der Waals surface area contributed by atoms with Gasteiger partial charge in [0.25, 0.3) is 0 Å². The maximum atomic E-state index is 15.8. The van der Waals surface area contributed by atoms with Crippen molar-refractivity contribution in [3.05, 3.63) is 98.0 Å². The van der Waals surface area contributed by atoms with Gasteiger partial charge in [-0.15, -0.1) is 0 Å². The van der Waals surface area contributed by atoms with Gasteiger partial charge in [-0.25, -0.2) is 8.78 Å². The average molecular weight is 678 g/mol. The van der Waals surface area contributed by atoms with E-state index < -0.39 is 23.2 Å². The number of pyridine rings is 1. The highest BCUT2D eigenvalue weighted by Gasteiger charge is 2.32. The second-order valence-corrected chi connectivity index (χ2v) is 12.5. The molecule has 2 unspecified atom stereocenters. The fraction of sp³-hybridized carbons (Fsp3) is 0.324. The number of nitrogens with zero attached hydrogens (tertiary/aromatic N) is 2. The summed E-state index contributed by atoms with van der Waals surface area (Å²) in [7, 11) is 1.50. The van der Waals surface area contributed by atoms with E-state index in [0.29, 0.717) is 40.4 Å². The standard InChI is InChI=1S/C34H34Cl2F3N3O3.H3N/c1-19-21(17-40-22-10-11-22)12-23(13-31(19)44-4)45-42(39)18-25(20-8-6-5-7-9-20)30-15-26(34(2,3)43)32(36)33(41-30)24-14-27(35)29(38)16-28(24)37;/h5-8,12-17,20,22,25,40,43H,1,9-11,18H2,2-4H3;1H3/b21-17+;. The van der Waals surface area contributed by atoms with E-state index in [1.165, 1.54) is 21.0 Å². The zero-order valence-corrected chi connectivity index (χ0v) is 27.3. The van der Waals surface area contributed by atoms with Gasteiger partial charge in [0, 0.05) is 62.8 Å². The molecule has 3 aromatic rings. The van der Waals surface area contributed by atoms with Crippen LogP contribution in [-0.4, -0.2) is 35.1 Å². The Morgan fingerprint density at radius 3 is 2.52 bits per heavy atom. The molecule has 0 amide bonds. The summed E-state index contributed by atoms with van der Waals surface area (Å²) in [4.78, 5) is 10.3. The number of rotatable bonds is 11. The lowest BCUT2D eigenvalue weighted by Gasteiger charge is -2.29. The van der Waals surface area contributed by atoms with E-state index in [1.54, 1.807) is 18.2 Å². The maximum Gasteiger partial charge on any atom is 0.155 e. The van der Waals surface area contributed by atoms with Crippen LogP contribution in [0.3, 0.4) is 0 Å². The van der Waals surface area contributed by atoms with Crippen LogP contribution in [0.1, 0.15) is 50.3 Å². The molecule has 7 nitrogen and oxygen atoms in total. The van der Waals surface area contributed by atoms with Crippen molar-refractivity contribution in [2.45, 2.75) is 50.7 Å². The van der Waals surface area contributed by atoms with Crippen molar-refractivity contribution in [3.8, 4) is 22.8 Å². The fourth-order valence-corrected chi connectivity index (χ4v) is 5.77. The number of hydrogen-bond acceptors (Lipinski definition) is 7. The van der Waals surface area contributed by atoms with Crippen molar-refractivity contribution in [1.82, 2.24) is 21.7 Å². The van der Waals surface area contributed by atoms with Crippen LogP contribution in [0.15, 0.2) is 54.6 Å². The molecule has 1 aromatic heterocycles. The zero-order chi connectivity index (χ0) is 32.5. The molecule has 0 saturated heterocycles. The van der Waals surface area contributed by atoms with Crippen LogP contribution in [-0.2, 0) is 5.60 Å². The van der Waals surface area contributed by atoms with E-state index in [-0.39, 0.29) is 56.5 Å². The summed E-state index contributed by atoms with van der Waals surface area (Å²) in [5.41, 5.74) is -1.16. The summed E-state index contributed by atoms with van der Waals surface area (Å²) in [6, 6.07) is 6.93. The third-order valence-corrected chi connectivity index (χ3v) is 8.52. The molecule has 12 heteroatoms. The van der Waals surface area contributed by atoms with Gasteiger partial charge in [0.15, 0.2) is 5.75 Å². The number of halogens is 5. The number of ether oxygens (including phenoxy) is 1. The van der Waals surface area contributed by atoms with E-state index in [4.69, 9.17) is 32.8 Å². The first-order chi connectivity index (χ1) is 21.3. The molecule has 0 radical (unpaired) electrons. The minimum absolute atomic E-state index is 0. The molecule has 46 heavy (non-hydrogen) atoms. The summed E-state index contributed by atoms with van der Waals surface area (Å²) >= 11 is 12.7. The maximum absolute atomic E-state index is 15.8. The first-order valence-corrected chi connectivity index (χ1v) is 15.3. The van der Waals surface area contributed by atoms with Crippen LogP contribution in [0.2, 0.25) is 10.0 Å². The molecule has 2 atom stereocenters. The van der Waals surface area contributed by atoms with Gasteiger partial charge in [-0.2, -0.15) is 0 Å². The molecule has 246 valence electrons. The molecule has 0 spiro atoms. The number of hydroxylamine groups is 1.